The second-order valence-corrected chi connectivity index (χ2v) is 6.11. The summed E-state index contributed by atoms with van der Waals surface area (Å²) < 4.78 is 0. The van der Waals surface area contributed by atoms with Crippen molar-refractivity contribution in [3.05, 3.63) is 11.6 Å². The van der Waals surface area contributed by atoms with Crippen LogP contribution in [0.4, 0.5) is 0 Å². The van der Waals surface area contributed by atoms with E-state index in [-0.39, 0.29) is 5.41 Å². The van der Waals surface area contributed by atoms with Gasteiger partial charge in [0.05, 0.1) is 5.60 Å². The maximum atomic E-state index is 11.0. The van der Waals surface area contributed by atoms with Crippen molar-refractivity contribution in [2.45, 2.75) is 84.7 Å². The molecule has 0 saturated heterocycles. The van der Waals surface area contributed by atoms with Gasteiger partial charge in [-0.2, -0.15) is 0 Å². The van der Waals surface area contributed by atoms with Crippen LogP contribution in [-0.4, -0.2) is 10.7 Å². The van der Waals surface area contributed by atoms with Gasteiger partial charge in [0.15, 0.2) is 0 Å². The van der Waals surface area contributed by atoms with Crippen LogP contribution >= 0.6 is 0 Å². The van der Waals surface area contributed by atoms with E-state index in [1.807, 2.05) is 0 Å². The lowest BCUT2D eigenvalue weighted by Gasteiger charge is -2.53. The smallest absolute Gasteiger partial charge is 0.0704 e. The van der Waals surface area contributed by atoms with Crippen molar-refractivity contribution in [2.24, 2.45) is 5.41 Å². The predicted octanol–water partition coefficient (Wildman–Crippen LogP) is 4.84. The highest BCUT2D eigenvalue weighted by Crippen LogP contribution is 2.55. The fraction of sp³-hybridized carbons (Fsp3) is 0.875. The highest BCUT2D eigenvalue weighted by molar-refractivity contribution is 5.08. The van der Waals surface area contributed by atoms with E-state index in [4.69, 9.17) is 0 Å². The molecule has 1 atom stereocenters. The van der Waals surface area contributed by atoms with Crippen LogP contribution in [0.5, 0.6) is 0 Å². The summed E-state index contributed by atoms with van der Waals surface area (Å²) >= 11 is 0. The Kier molecular flexibility index (Phi) is 5.24. The summed E-state index contributed by atoms with van der Waals surface area (Å²) in [5, 5.41) is 11.0. The quantitative estimate of drug-likeness (QED) is 0.629. The molecule has 1 saturated carbocycles. The second kappa shape index (κ2) is 6.04. The molecule has 1 aliphatic carbocycles. The van der Waals surface area contributed by atoms with E-state index >= 15 is 0 Å². The van der Waals surface area contributed by atoms with Gasteiger partial charge in [-0.3, -0.25) is 0 Å². The monoisotopic (exact) mass is 238 g/mol. The van der Waals surface area contributed by atoms with Crippen molar-refractivity contribution < 1.29 is 5.11 Å². The summed E-state index contributed by atoms with van der Waals surface area (Å²) in [6.07, 6.45) is 11.3. The highest BCUT2D eigenvalue weighted by atomic mass is 16.3. The largest absolute Gasteiger partial charge is 0.389 e. The summed E-state index contributed by atoms with van der Waals surface area (Å²) in [4.78, 5) is 0. The average Bonchev–Trinajstić information content (AvgIpc) is 2.24. The van der Waals surface area contributed by atoms with Crippen molar-refractivity contribution in [1.29, 1.82) is 0 Å². The van der Waals surface area contributed by atoms with Gasteiger partial charge >= 0.3 is 0 Å². The van der Waals surface area contributed by atoms with E-state index in [0.717, 1.165) is 25.7 Å². The van der Waals surface area contributed by atoms with Crippen LogP contribution in [0, 0.1) is 5.41 Å². The molecule has 0 unspecified atom stereocenters. The Morgan fingerprint density at radius 3 is 2.29 bits per heavy atom. The average molecular weight is 238 g/mol. The third kappa shape index (κ3) is 3.13. The molecular weight excluding hydrogens is 208 g/mol. The minimum atomic E-state index is -0.423. The van der Waals surface area contributed by atoms with Crippen LogP contribution in [0.2, 0.25) is 0 Å². The molecule has 1 nitrogen and oxygen atoms in total. The normalized spacial score (nSPS) is 21.5. The molecule has 0 spiro atoms. The standard InChI is InChI=1S/C16H30O/c1-5-7-12-16(17,6-2)15(10-8-11-15)13-9-14(3)4/h9,17H,5-8,10-13H2,1-4H3/t16-/m0/s1. The maximum Gasteiger partial charge on any atom is 0.0704 e. The van der Waals surface area contributed by atoms with E-state index in [0.29, 0.717) is 0 Å². The summed E-state index contributed by atoms with van der Waals surface area (Å²) in [6.45, 7) is 8.67. The SMILES string of the molecule is CCCC[C@@](O)(CC)C1(CC=C(C)C)CCC1. The number of hydrogen-bond acceptors (Lipinski definition) is 1. The first-order chi connectivity index (χ1) is 7.99. The minimum Gasteiger partial charge on any atom is -0.389 e. The summed E-state index contributed by atoms with van der Waals surface area (Å²) in [7, 11) is 0. The van der Waals surface area contributed by atoms with E-state index in [9.17, 15) is 5.11 Å². The van der Waals surface area contributed by atoms with Gasteiger partial charge < -0.3 is 5.11 Å². The zero-order valence-electron chi connectivity index (χ0n) is 12.2. The second-order valence-electron chi connectivity index (χ2n) is 6.11. The number of rotatable bonds is 7. The summed E-state index contributed by atoms with van der Waals surface area (Å²) in [6, 6.07) is 0. The number of aliphatic hydroxyl groups is 1. The minimum absolute atomic E-state index is 0.189. The number of allylic oxidation sites excluding steroid dienone is 2. The zero-order valence-corrected chi connectivity index (χ0v) is 12.2. The molecule has 0 amide bonds. The fourth-order valence-electron chi connectivity index (χ4n) is 3.15. The molecule has 0 bridgehead atoms. The van der Waals surface area contributed by atoms with Crippen molar-refractivity contribution in [3.63, 3.8) is 0 Å². The first kappa shape index (κ1) is 14.8. The predicted molar refractivity (Wildman–Crippen MR) is 75.1 cm³/mol. The Balaban J connectivity index is 2.77. The summed E-state index contributed by atoms with van der Waals surface area (Å²) in [5.41, 5.74) is 1.15. The Bertz CT molecular complexity index is 259. The Morgan fingerprint density at radius 1 is 1.29 bits per heavy atom. The molecule has 1 N–H and O–H groups in total. The van der Waals surface area contributed by atoms with Gasteiger partial charge in [-0.1, -0.05) is 44.8 Å². The molecular formula is C16H30O. The zero-order chi connectivity index (χ0) is 12.9. The number of unbranched alkanes of at least 4 members (excludes halogenated alkanes) is 1. The van der Waals surface area contributed by atoms with Crippen LogP contribution in [0.15, 0.2) is 11.6 Å². The molecule has 0 heterocycles. The van der Waals surface area contributed by atoms with Crippen LogP contribution in [0.1, 0.15) is 79.1 Å². The lowest BCUT2D eigenvalue weighted by molar-refractivity contribution is -0.135. The van der Waals surface area contributed by atoms with Gasteiger partial charge in [-0.05, 0) is 46.0 Å². The summed E-state index contributed by atoms with van der Waals surface area (Å²) in [5.74, 6) is 0. The van der Waals surface area contributed by atoms with Gasteiger partial charge in [0.25, 0.3) is 0 Å². The van der Waals surface area contributed by atoms with Gasteiger partial charge in [-0.25, -0.2) is 0 Å². The molecule has 100 valence electrons. The van der Waals surface area contributed by atoms with Gasteiger partial charge in [-0.15, -0.1) is 0 Å². The molecule has 0 aromatic carbocycles. The molecule has 1 rings (SSSR count). The van der Waals surface area contributed by atoms with Crippen LogP contribution in [0.25, 0.3) is 0 Å². The van der Waals surface area contributed by atoms with Crippen molar-refractivity contribution >= 4 is 0 Å². The Labute approximate surface area is 107 Å². The van der Waals surface area contributed by atoms with Crippen molar-refractivity contribution in [3.8, 4) is 0 Å². The topological polar surface area (TPSA) is 20.2 Å². The van der Waals surface area contributed by atoms with Crippen molar-refractivity contribution in [2.75, 3.05) is 0 Å². The Morgan fingerprint density at radius 2 is 1.94 bits per heavy atom. The van der Waals surface area contributed by atoms with E-state index in [1.54, 1.807) is 0 Å². The van der Waals surface area contributed by atoms with E-state index in [2.05, 4.69) is 33.8 Å². The molecule has 0 aliphatic heterocycles. The molecule has 0 radical (unpaired) electrons. The molecule has 0 aromatic rings. The highest BCUT2D eigenvalue weighted by Gasteiger charge is 2.51. The third-order valence-electron chi connectivity index (χ3n) is 4.73. The van der Waals surface area contributed by atoms with Crippen LogP contribution in [0.3, 0.4) is 0 Å². The lowest BCUT2D eigenvalue weighted by Crippen LogP contribution is -2.52. The van der Waals surface area contributed by atoms with Gasteiger partial charge in [0.1, 0.15) is 0 Å². The maximum absolute atomic E-state index is 11.0. The molecule has 1 heteroatoms. The molecule has 1 fully saturated rings. The molecule has 1 aliphatic rings. The van der Waals surface area contributed by atoms with Crippen molar-refractivity contribution in [1.82, 2.24) is 0 Å². The fourth-order valence-corrected chi connectivity index (χ4v) is 3.15. The first-order valence-corrected chi connectivity index (χ1v) is 7.35. The molecule has 0 aromatic heterocycles. The Hall–Kier alpha value is -0.300. The van der Waals surface area contributed by atoms with Gasteiger partial charge in [0.2, 0.25) is 0 Å². The molecule has 17 heavy (non-hydrogen) atoms. The van der Waals surface area contributed by atoms with Gasteiger partial charge in [0, 0.05) is 5.41 Å². The number of hydrogen-bond donors (Lipinski definition) is 1. The van der Waals surface area contributed by atoms with E-state index in [1.165, 1.54) is 31.3 Å². The van der Waals surface area contributed by atoms with E-state index < -0.39 is 5.60 Å². The van der Waals surface area contributed by atoms with Crippen LogP contribution in [-0.2, 0) is 0 Å². The van der Waals surface area contributed by atoms with Crippen LogP contribution < -0.4 is 0 Å². The first-order valence-electron chi connectivity index (χ1n) is 7.35. The third-order valence-corrected chi connectivity index (χ3v) is 4.73. The lowest BCUT2D eigenvalue weighted by atomic mass is 9.55.